The number of benzene rings is 2. The number of alkyl halides is 3. The molecule has 0 aliphatic carbocycles. The molecule has 1 aromatic heterocycles. The normalized spacial score (nSPS) is 11.1. The van der Waals surface area contributed by atoms with Gasteiger partial charge in [0.2, 0.25) is 5.91 Å². The number of H-pyrrole nitrogens is 1. The molecule has 3 aromatic rings. The van der Waals surface area contributed by atoms with Gasteiger partial charge in [0, 0.05) is 30.1 Å². The Morgan fingerprint density at radius 3 is 2.13 bits per heavy atom. The van der Waals surface area contributed by atoms with Crippen molar-refractivity contribution in [2.45, 2.75) is 13.1 Å². The van der Waals surface area contributed by atoms with Crippen LogP contribution in [0.5, 0.6) is 0 Å². The topological polar surface area (TPSA) is 86.0 Å². The van der Waals surface area contributed by atoms with Gasteiger partial charge in [-0.3, -0.25) is 4.79 Å². The Labute approximate surface area is 168 Å². The third-order valence-electron chi connectivity index (χ3n) is 4.00. The van der Waals surface area contributed by atoms with Crippen LogP contribution < -0.4 is 16.0 Å². The highest BCUT2D eigenvalue weighted by Gasteiger charge is 2.34. The molecular formula is C20H16F4N4O2. The average molecular weight is 420 g/mol. The smallest absolute Gasteiger partial charge is 0.348 e. The van der Waals surface area contributed by atoms with E-state index in [1.165, 1.54) is 6.92 Å². The van der Waals surface area contributed by atoms with Crippen molar-refractivity contribution in [3.63, 3.8) is 0 Å². The molecule has 0 radical (unpaired) electrons. The van der Waals surface area contributed by atoms with Gasteiger partial charge in [-0.2, -0.15) is 13.2 Å². The summed E-state index contributed by atoms with van der Waals surface area (Å²) in [4.78, 5) is 26.0. The summed E-state index contributed by atoms with van der Waals surface area (Å²) in [6.07, 6.45) is -3.17. The monoisotopic (exact) mass is 420 g/mol. The Balaban J connectivity index is 1.65. The van der Waals surface area contributed by atoms with E-state index in [2.05, 4.69) is 20.9 Å². The van der Waals surface area contributed by atoms with Crippen LogP contribution in [0.15, 0.2) is 54.7 Å². The van der Waals surface area contributed by atoms with Crippen molar-refractivity contribution in [3.8, 4) is 11.1 Å². The van der Waals surface area contributed by atoms with Gasteiger partial charge in [-0.15, -0.1) is 0 Å². The summed E-state index contributed by atoms with van der Waals surface area (Å²) >= 11 is 0. The number of halogens is 4. The van der Waals surface area contributed by atoms with Crippen molar-refractivity contribution in [3.05, 3.63) is 66.1 Å². The number of nitrogens with one attached hydrogen (secondary N) is 4. The lowest BCUT2D eigenvalue weighted by Gasteiger charge is -2.12. The predicted molar refractivity (Wildman–Crippen MR) is 105 cm³/mol. The molecule has 0 aliphatic heterocycles. The van der Waals surface area contributed by atoms with Crippen LogP contribution in [-0.4, -0.2) is 16.9 Å². The van der Waals surface area contributed by atoms with Crippen LogP contribution in [-0.2, 0) is 11.0 Å². The summed E-state index contributed by atoms with van der Waals surface area (Å²) in [5.41, 5.74) is 0.348. The van der Waals surface area contributed by atoms with Crippen molar-refractivity contribution in [2.75, 3.05) is 16.0 Å². The van der Waals surface area contributed by atoms with Crippen LogP contribution in [0.2, 0.25) is 0 Å². The van der Waals surface area contributed by atoms with E-state index in [1.54, 1.807) is 36.5 Å². The number of urea groups is 1. The van der Waals surface area contributed by atoms with Gasteiger partial charge in [-0.25, -0.2) is 9.18 Å². The van der Waals surface area contributed by atoms with E-state index in [1.807, 2.05) is 0 Å². The Bertz CT molecular complexity index is 1080. The molecule has 0 atom stereocenters. The molecular weight excluding hydrogens is 404 g/mol. The lowest BCUT2D eigenvalue weighted by Crippen LogP contribution is -2.20. The van der Waals surface area contributed by atoms with Crippen LogP contribution in [0.1, 0.15) is 12.5 Å². The van der Waals surface area contributed by atoms with Crippen molar-refractivity contribution in [1.29, 1.82) is 0 Å². The summed E-state index contributed by atoms with van der Waals surface area (Å²) in [7, 11) is 0. The zero-order valence-corrected chi connectivity index (χ0v) is 15.5. The third-order valence-corrected chi connectivity index (χ3v) is 4.00. The summed E-state index contributed by atoms with van der Waals surface area (Å²) in [6.45, 7) is 1.39. The molecule has 3 amide bonds. The average Bonchev–Trinajstić information content (AvgIpc) is 3.10. The first kappa shape index (κ1) is 20.9. The number of hydrogen-bond acceptors (Lipinski definition) is 2. The number of carbonyl (C=O) groups is 2. The first-order valence-electron chi connectivity index (χ1n) is 8.63. The lowest BCUT2D eigenvalue weighted by atomic mass is 10.1. The van der Waals surface area contributed by atoms with Gasteiger partial charge < -0.3 is 20.9 Å². The van der Waals surface area contributed by atoms with Crippen molar-refractivity contribution in [2.24, 2.45) is 0 Å². The minimum absolute atomic E-state index is 0.198. The van der Waals surface area contributed by atoms with Crippen LogP contribution in [0.25, 0.3) is 11.1 Å². The maximum atomic E-state index is 13.3. The first-order valence-corrected chi connectivity index (χ1v) is 8.63. The number of rotatable bonds is 4. The van der Waals surface area contributed by atoms with Crippen LogP contribution >= 0.6 is 0 Å². The second-order valence-electron chi connectivity index (χ2n) is 6.33. The summed E-state index contributed by atoms with van der Waals surface area (Å²) in [6, 6.07) is 9.80. The second kappa shape index (κ2) is 8.27. The Hall–Kier alpha value is -3.82. The Kier molecular flexibility index (Phi) is 5.77. The lowest BCUT2D eigenvalue weighted by molar-refractivity contribution is -0.139. The SMILES string of the molecule is CC(=O)Nc1cc(-c2ccc(NC(=O)Nc3ccc(F)c(C(F)(F)F)c3)cc2)c[nH]1. The van der Waals surface area contributed by atoms with Crippen LogP contribution in [0, 0.1) is 5.82 Å². The zero-order chi connectivity index (χ0) is 21.9. The molecule has 156 valence electrons. The van der Waals surface area contributed by atoms with Gasteiger partial charge in [-0.1, -0.05) is 12.1 Å². The molecule has 4 N–H and O–H groups in total. The molecule has 6 nitrogen and oxygen atoms in total. The van der Waals surface area contributed by atoms with Crippen molar-refractivity contribution >= 4 is 29.1 Å². The van der Waals surface area contributed by atoms with Gasteiger partial charge in [-0.05, 0) is 42.0 Å². The van der Waals surface area contributed by atoms with Crippen molar-refractivity contribution in [1.82, 2.24) is 4.98 Å². The third kappa shape index (κ3) is 5.16. The number of hydrogen-bond donors (Lipinski definition) is 4. The van der Waals surface area contributed by atoms with Crippen LogP contribution in [0.4, 0.5) is 39.5 Å². The number of amides is 3. The molecule has 1 heterocycles. The molecule has 0 spiro atoms. The first-order chi connectivity index (χ1) is 14.1. The summed E-state index contributed by atoms with van der Waals surface area (Å²) in [5.74, 6) is -1.09. The standard InChI is InChI=1S/C20H16F4N4O2/c1-11(29)26-18-8-13(10-25-18)12-2-4-14(5-3-12)27-19(30)28-15-6-7-17(21)16(9-15)20(22,23)24/h2-10,25H,1H3,(H,26,29)(H2,27,28,30). The molecule has 0 bridgehead atoms. The van der Waals surface area contributed by atoms with Gasteiger partial charge in [0.05, 0.1) is 5.56 Å². The van der Waals surface area contributed by atoms with Gasteiger partial charge in [0.15, 0.2) is 0 Å². The van der Waals surface area contributed by atoms with E-state index in [0.29, 0.717) is 23.6 Å². The molecule has 10 heteroatoms. The highest BCUT2D eigenvalue weighted by molar-refractivity contribution is 6.00. The number of carbonyl (C=O) groups excluding carboxylic acids is 2. The molecule has 0 fully saturated rings. The second-order valence-corrected chi connectivity index (χ2v) is 6.33. The molecule has 3 rings (SSSR count). The van der Waals surface area contributed by atoms with E-state index in [-0.39, 0.29) is 11.6 Å². The van der Waals surface area contributed by atoms with Crippen LogP contribution in [0.3, 0.4) is 0 Å². The highest BCUT2D eigenvalue weighted by Crippen LogP contribution is 2.33. The Morgan fingerprint density at radius 1 is 0.867 bits per heavy atom. The predicted octanol–water partition coefficient (Wildman–Crippen LogP) is 5.44. The fourth-order valence-corrected chi connectivity index (χ4v) is 2.68. The zero-order valence-electron chi connectivity index (χ0n) is 15.5. The quantitative estimate of drug-likeness (QED) is 0.424. The molecule has 0 unspecified atom stereocenters. The molecule has 0 saturated heterocycles. The number of aromatic nitrogens is 1. The van der Waals surface area contributed by atoms with E-state index >= 15 is 0 Å². The highest BCUT2D eigenvalue weighted by atomic mass is 19.4. The summed E-state index contributed by atoms with van der Waals surface area (Å²) < 4.78 is 51.6. The minimum Gasteiger partial charge on any atom is -0.348 e. The van der Waals surface area contributed by atoms with Crippen molar-refractivity contribution < 1.29 is 27.2 Å². The number of aromatic amines is 1. The van der Waals surface area contributed by atoms with E-state index < -0.39 is 23.6 Å². The van der Waals surface area contributed by atoms with Gasteiger partial charge >= 0.3 is 12.2 Å². The fraction of sp³-hybridized carbons (Fsp3) is 0.100. The molecule has 0 saturated carbocycles. The molecule has 30 heavy (non-hydrogen) atoms. The maximum Gasteiger partial charge on any atom is 0.419 e. The fourth-order valence-electron chi connectivity index (χ4n) is 2.68. The van der Waals surface area contributed by atoms with Gasteiger partial charge in [0.25, 0.3) is 0 Å². The number of anilines is 3. The Morgan fingerprint density at radius 2 is 1.50 bits per heavy atom. The minimum atomic E-state index is -4.87. The largest absolute Gasteiger partial charge is 0.419 e. The molecule has 2 aromatic carbocycles. The van der Waals surface area contributed by atoms with E-state index in [4.69, 9.17) is 0 Å². The summed E-state index contributed by atoms with van der Waals surface area (Å²) in [5, 5.41) is 7.34. The molecule has 0 aliphatic rings. The van der Waals surface area contributed by atoms with E-state index in [9.17, 15) is 27.2 Å². The maximum absolute atomic E-state index is 13.3. The van der Waals surface area contributed by atoms with Gasteiger partial charge in [0.1, 0.15) is 11.6 Å². The van der Waals surface area contributed by atoms with E-state index in [0.717, 1.165) is 17.2 Å².